The van der Waals surface area contributed by atoms with Crippen molar-refractivity contribution in [2.45, 2.75) is 13.1 Å². The largest absolute Gasteiger partial charge is 0.343 e. The summed E-state index contributed by atoms with van der Waals surface area (Å²) < 4.78 is 2.23. The van der Waals surface area contributed by atoms with Crippen LogP contribution in [-0.2, 0) is 13.1 Å². The zero-order chi connectivity index (χ0) is 13.2. The first kappa shape index (κ1) is 12.3. The van der Waals surface area contributed by atoms with Gasteiger partial charge in [0.15, 0.2) is 0 Å². The van der Waals surface area contributed by atoms with E-state index in [1.165, 1.54) is 22.0 Å². The number of hydrogen-bond donors (Lipinski definition) is 1. The summed E-state index contributed by atoms with van der Waals surface area (Å²) in [6.45, 7) is 1.37. The minimum absolute atomic E-state index is 0.559. The normalized spacial score (nSPS) is 11.1. The highest BCUT2D eigenvalue weighted by atomic mass is 35.5. The lowest BCUT2D eigenvalue weighted by Gasteiger charge is -2.05. The van der Waals surface area contributed by atoms with Crippen molar-refractivity contribution in [1.82, 2.24) is 4.57 Å². The topological polar surface area (TPSA) is 30.9 Å². The smallest absolute Gasteiger partial charge is 0.0486 e. The first-order chi connectivity index (χ1) is 9.28. The van der Waals surface area contributed by atoms with Crippen molar-refractivity contribution in [3.63, 3.8) is 0 Å². The van der Waals surface area contributed by atoms with Gasteiger partial charge in [0, 0.05) is 35.2 Å². The molecule has 19 heavy (non-hydrogen) atoms. The molecule has 3 heteroatoms. The Bertz CT molecular complexity index is 716. The van der Waals surface area contributed by atoms with Crippen LogP contribution in [-0.4, -0.2) is 4.57 Å². The summed E-state index contributed by atoms with van der Waals surface area (Å²) in [5.74, 6) is 0. The molecule has 0 unspecified atom stereocenters. The first-order valence-corrected chi connectivity index (χ1v) is 6.67. The fourth-order valence-corrected chi connectivity index (χ4v) is 2.66. The molecule has 96 valence electrons. The Morgan fingerprint density at radius 3 is 2.68 bits per heavy atom. The highest BCUT2D eigenvalue weighted by molar-refractivity contribution is 6.30. The standard InChI is InChI=1S/C16H15ClN2/c17-14-5-3-4-12(8-14)10-19-11-13(9-18)15-6-1-2-7-16(15)19/h1-8,11H,9-10,18H2. The molecule has 0 saturated carbocycles. The van der Waals surface area contributed by atoms with Gasteiger partial charge in [-0.2, -0.15) is 0 Å². The van der Waals surface area contributed by atoms with Crippen molar-refractivity contribution in [2.75, 3.05) is 0 Å². The molecule has 0 aliphatic carbocycles. The molecule has 0 amide bonds. The molecule has 2 aromatic carbocycles. The Kier molecular flexibility index (Phi) is 3.28. The quantitative estimate of drug-likeness (QED) is 0.771. The second-order valence-corrected chi connectivity index (χ2v) is 5.07. The van der Waals surface area contributed by atoms with Crippen LogP contribution in [0.25, 0.3) is 10.9 Å². The zero-order valence-corrected chi connectivity index (χ0v) is 11.3. The van der Waals surface area contributed by atoms with Crippen LogP contribution in [0.3, 0.4) is 0 Å². The van der Waals surface area contributed by atoms with Gasteiger partial charge in [-0.05, 0) is 29.3 Å². The monoisotopic (exact) mass is 270 g/mol. The van der Waals surface area contributed by atoms with E-state index in [1.54, 1.807) is 0 Å². The molecule has 0 spiro atoms. The van der Waals surface area contributed by atoms with E-state index in [-0.39, 0.29) is 0 Å². The lowest BCUT2D eigenvalue weighted by atomic mass is 10.2. The minimum Gasteiger partial charge on any atom is -0.343 e. The molecule has 0 fully saturated rings. The summed E-state index contributed by atoms with van der Waals surface area (Å²) in [4.78, 5) is 0. The SMILES string of the molecule is NCc1cn(Cc2cccc(Cl)c2)c2ccccc12. The number of hydrogen-bond acceptors (Lipinski definition) is 1. The van der Waals surface area contributed by atoms with Crippen LogP contribution in [0, 0.1) is 0 Å². The molecular formula is C16H15ClN2. The van der Waals surface area contributed by atoms with Gasteiger partial charge in [-0.3, -0.25) is 0 Å². The lowest BCUT2D eigenvalue weighted by Crippen LogP contribution is -1.98. The van der Waals surface area contributed by atoms with Crippen LogP contribution in [0.15, 0.2) is 54.7 Å². The Morgan fingerprint density at radius 2 is 1.89 bits per heavy atom. The van der Waals surface area contributed by atoms with Gasteiger partial charge in [-0.25, -0.2) is 0 Å². The molecule has 2 nitrogen and oxygen atoms in total. The van der Waals surface area contributed by atoms with Crippen molar-refractivity contribution < 1.29 is 0 Å². The molecule has 3 aromatic rings. The van der Waals surface area contributed by atoms with Crippen LogP contribution in [0.5, 0.6) is 0 Å². The number of halogens is 1. The molecule has 1 heterocycles. The third-order valence-electron chi connectivity index (χ3n) is 3.33. The van der Waals surface area contributed by atoms with E-state index in [2.05, 4.69) is 35.0 Å². The highest BCUT2D eigenvalue weighted by Crippen LogP contribution is 2.22. The molecule has 0 bridgehead atoms. The van der Waals surface area contributed by atoms with Gasteiger partial charge in [-0.15, -0.1) is 0 Å². The molecule has 1 aromatic heterocycles. The van der Waals surface area contributed by atoms with Crippen LogP contribution in [0.4, 0.5) is 0 Å². The molecule has 0 aliphatic heterocycles. The number of benzene rings is 2. The van der Waals surface area contributed by atoms with Gasteiger partial charge in [-0.1, -0.05) is 41.9 Å². The number of aromatic nitrogens is 1. The number of nitrogens with two attached hydrogens (primary N) is 1. The van der Waals surface area contributed by atoms with Crippen molar-refractivity contribution in [2.24, 2.45) is 5.73 Å². The number of rotatable bonds is 3. The average Bonchev–Trinajstić information content (AvgIpc) is 2.77. The summed E-state index contributed by atoms with van der Waals surface area (Å²) in [5, 5.41) is 2.00. The molecule has 0 saturated heterocycles. The van der Waals surface area contributed by atoms with Crippen LogP contribution >= 0.6 is 11.6 Å². The van der Waals surface area contributed by atoms with E-state index in [0.717, 1.165) is 11.6 Å². The second-order valence-electron chi connectivity index (χ2n) is 4.63. The molecule has 0 radical (unpaired) electrons. The first-order valence-electron chi connectivity index (χ1n) is 6.29. The summed E-state index contributed by atoms with van der Waals surface area (Å²) in [7, 11) is 0. The fraction of sp³-hybridized carbons (Fsp3) is 0.125. The van der Waals surface area contributed by atoms with Crippen molar-refractivity contribution in [1.29, 1.82) is 0 Å². The maximum Gasteiger partial charge on any atom is 0.0486 e. The zero-order valence-electron chi connectivity index (χ0n) is 10.5. The van der Waals surface area contributed by atoms with Gasteiger partial charge in [0.05, 0.1) is 0 Å². The molecule has 2 N–H and O–H groups in total. The predicted molar refractivity (Wildman–Crippen MR) is 80.4 cm³/mol. The number of para-hydroxylation sites is 1. The maximum absolute atomic E-state index is 6.03. The summed E-state index contributed by atoms with van der Waals surface area (Å²) in [5.41, 5.74) is 9.39. The van der Waals surface area contributed by atoms with E-state index < -0.39 is 0 Å². The predicted octanol–water partition coefficient (Wildman–Crippen LogP) is 3.80. The molecular weight excluding hydrogens is 256 g/mol. The Hall–Kier alpha value is -1.77. The summed E-state index contributed by atoms with van der Waals surface area (Å²) in [6, 6.07) is 16.3. The van der Waals surface area contributed by atoms with E-state index >= 15 is 0 Å². The summed E-state index contributed by atoms with van der Waals surface area (Å²) in [6.07, 6.45) is 2.13. The van der Waals surface area contributed by atoms with E-state index in [9.17, 15) is 0 Å². The number of fused-ring (bicyclic) bond motifs is 1. The van der Waals surface area contributed by atoms with Gasteiger partial charge in [0.1, 0.15) is 0 Å². The van der Waals surface area contributed by atoms with E-state index in [4.69, 9.17) is 17.3 Å². The van der Waals surface area contributed by atoms with E-state index in [0.29, 0.717) is 6.54 Å². The Labute approximate surface area is 117 Å². The fourth-order valence-electron chi connectivity index (χ4n) is 2.45. The third-order valence-corrected chi connectivity index (χ3v) is 3.57. The van der Waals surface area contributed by atoms with Gasteiger partial charge >= 0.3 is 0 Å². The van der Waals surface area contributed by atoms with Crippen molar-refractivity contribution >= 4 is 22.5 Å². The third kappa shape index (κ3) is 2.37. The minimum atomic E-state index is 0.559. The second kappa shape index (κ2) is 5.08. The number of nitrogens with zero attached hydrogens (tertiary/aromatic N) is 1. The van der Waals surface area contributed by atoms with Crippen molar-refractivity contribution in [3.8, 4) is 0 Å². The van der Waals surface area contributed by atoms with Crippen molar-refractivity contribution in [3.05, 3.63) is 70.9 Å². The van der Waals surface area contributed by atoms with Gasteiger partial charge in [0.2, 0.25) is 0 Å². The van der Waals surface area contributed by atoms with Crippen LogP contribution in [0.2, 0.25) is 5.02 Å². The molecule has 0 atom stereocenters. The molecule has 3 rings (SSSR count). The lowest BCUT2D eigenvalue weighted by molar-refractivity contribution is 0.829. The highest BCUT2D eigenvalue weighted by Gasteiger charge is 2.07. The van der Waals surface area contributed by atoms with Crippen LogP contribution < -0.4 is 5.73 Å². The Balaban J connectivity index is 2.06. The summed E-state index contributed by atoms with van der Waals surface area (Å²) >= 11 is 6.03. The van der Waals surface area contributed by atoms with E-state index in [1.807, 2.05) is 24.3 Å². The van der Waals surface area contributed by atoms with Gasteiger partial charge in [0.25, 0.3) is 0 Å². The average molecular weight is 271 g/mol. The van der Waals surface area contributed by atoms with Gasteiger partial charge < -0.3 is 10.3 Å². The maximum atomic E-state index is 6.03. The van der Waals surface area contributed by atoms with Crippen LogP contribution in [0.1, 0.15) is 11.1 Å². The Morgan fingerprint density at radius 1 is 1.05 bits per heavy atom. The molecule has 0 aliphatic rings.